The van der Waals surface area contributed by atoms with Crippen LogP contribution in [-0.4, -0.2) is 30.6 Å². The average Bonchev–Trinajstić information content (AvgIpc) is 2.39. The van der Waals surface area contributed by atoms with E-state index in [2.05, 4.69) is 15.6 Å². The van der Waals surface area contributed by atoms with Gasteiger partial charge >= 0.3 is 0 Å². The summed E-state index contributed by atoms with van der Waals surface area (Å²) in [5.41, 5.74) is 6.28. The fourth-order valence-corrected chi connectivity index (χ4v) is 1.45. The molecule has 0 radical (unpaired) electrons. The lowest BCUT2D eigenvalue weighted by Crippen LogP contribution is -2.24. The van der Waals surface area contributed by atoms with Gasteiger partial charge in [-0.1, -0.05) is 6.92 Å². The van der Waals surface area contributed by atoms with Crippen molar-refractivity contribution in [2.45, 2.75) is 26.7 Å². The van der Waals surface area contributed by atoms with Crippen LogP contribution >= 0.6 is 0 Å². The highest BCUT2D eigenvalue weighted by Crippen LogP contribution is 2.20. The number of ether oxygens (including phenoxy) is 1. The Morgan fingerprint density at radius 1 is 1.42 bits per heavy atom. The van der Waals surface area contributed by atoms with E-state index in [0.29, 0.717) is 43.5 Å². The zero-order valence-electron chi connectivity index (χ0n) is 11.5. The molecule has 1 amide bonds. The number of aromatic nitrogens is 1. The summed E-state index contributed by atoms with van der Waals surface area (Å²) in [7, 11) is 0. The minimum Gasteiger partial charge on any atom is -0.476 e. The minimum atomic E-state index is 0.0212. The number of carbonyl (C=O) groups excluding carboxylic acids is 1. The predicted molar refractivity (Wildman–Crippen MR) is 76.2 cm³/mol. The molecule has 0 aliphatic rings. The van der Waals surface area contributed by atoms with Crippen molar-refractivity contribution in [3.05, 3.63) is 12.1 Å². The van der Waals surface area contributed by atoms with Crippen LogP contribution in [0.15, 0.2) is 12.1 Å². The van der Waals surface area contributed by atoms with Crippen molar-refractivity contribution in [3.8, 4) is 5.88 Å². The molecule has 0 aliphatic carbocycles. The monoisotopic (exact) mass is 266 g/mol. The van der Waals surface area contributed by atoms with E-state index in [-0.39, 0.29) is 5.91 Å². The number of nitrogens with zero attached hydrogens (tertiary/aromatic N) is 1. The molecule has 106 valence electrons. The van der Waals surface area contributed by atoms with Crippen LogP contribution in [0.2, 0.25) is 0 Å². The highest BCUT2D eigenvalue weighted by molar-refractivity contribution is 5.76. The van der Waals surface area contributed by atoms with E-state index in [0.717, 1.165) is 6.42 Å². The van der Waals surface area contributed by atoms with Crippen LogP contribution in [0.25, 0.3) is 0 Å². The van der Waals surface area contributed by atoms with Crippen molar-refractivity contribution in [2.75, 3.05) is 30.7 Å². The molecule has 0 saturated carbocycles. The third-order valence-corrected chi connectivity index (χ3v) is 2.36. The average molecular weight is 266 g/mol. The van der Waals surface area contributed by atoms with Gasteiger partial charge in [-0.2, -0.15) is 4.98 Å². The second kappa shape index (κ2) is 8.18. The normalized spacial score (nSPS) is 10.0. The quantitative estimate of drug-likeness (QED) is 0.661. The van der Waals surface area contributed by atoms with Crippen molar-refractivity contribution in [2.24, 2.45) is 0 Å². The van der Waals surface area contributed by atoms with E-state index in [1.54, 1.807) is 12.1 Å². The molecule has 0 aromatic carbocycles. The number of anilines is 2. The van der Waals surface area contributed by atoms with Gasteiger partial charge in [0.05, 0.1) is 12.3 Å². The molecule has 19 heavy (non-hydrogen) atoms. The molecular formula is C13H22N4O2. The number of nitrogens with one attached hydrogen (secondary N) is 2. The molecule has 0 spiro atoms. The van der Waals surface area contributed by atoms with Crippen LogP contribution in [-0.2, 0) is 4.79 Å². The molecule has 4 N–H and O–H groups in total. The molecule has 0 saturated heterocycles. The van der Waals surface area contributed by atoms with Gasteiger partial charge in [0.15, 0.2) is 0 Å². The third kappa shape index (κ3) is 5.46. The van der Waals surface area contributed by atoms with E-state index in [9.17, 15) is 4.79 Å². The second-order valence-corrected chi connectivity index (χ2v) is 4.07. The van der Waals surface area contributed by atoms with Crippen LogP contribution in [0, 0.1) is 0 Å². The van der Waals surface area contributed by atoms with Gasteiger partial charge in [-0.3, -0.25) is 4.79 Å². The lowest BCUT2D eigenvalue weighted by Gasteiger charge is -2.10. The first-order valence-corrected chi connectivity index (χ1v) is 6.57. The summed E-state index contributed by atoms with van der Waals surface area (Å²) in [6, 6.07) is 3.51. The predicted octanol–water partition coefficient (Wildman–Crippen LogP) is 1.39. The van der Waals surface area contributed by atoms with Gasteiger partial charge in [-0.05, 0) is 25.5 Å². The molecule has 6 nitrogen and oxygen atoms in total. The Morgan fingerprint density at radius 2 is 2.21 bits per heavy atom. The summed E-state index contributed by atoms with van der Waals surface area (Å²) in [6.45, 7) is 5.67. The van der Waals surface area contributed by atoms with Gasteiger partial charge in [-0.15, -0.1) is 0 Å². The Bertz CT molecular complexity index is 410. The van der Waals surface area contributed by atoms with E-state index in [1.165, 1.54) is 0 Å². The van der Waals surface area contributed by atoms with Gasteiger partial charge in [0, 0.05) is 19.5 Å². The summed E-state index contributed by atoms with van der Waals surface area (Å²) in [5, 5.41) is 5.81. The molecule has 0 bridgehead atoms. The smallest absolute Gasteiger partial charge is 0.239 e. The minimum absolute atomic E-state index is 0.0212. The van der Waals surface area contributed by atoms with Crippen molar-refractivity contribution in [1.82, 2.24) is 10.3 Å². The molecule has 0 fully saturated rings. The first-order chi connectivity index (χ1) is 9.17. The number of hydrogen-bond acceptors (Lipinski definition) is 5. The zero-order valence-corrected chi connectivity index (χ0v) is 11.5. The maximum Gasteiger partial charge on any atom is 0.239 e. The van der Waals surface area contributed by atoms with E-state index >= 15 is 0 Å². The van der Waals surface area contributed by atoms with E-state index in [1.807, 2.05) is 13.8 Å². The fourth-order valence-electron chi connectivity index (χ4n) is 1.45. The summed E-state index contributed by atoms with van der Waals surface area (Å²) in [5.74, 6) is 1.11. The van der Waals surface area contributed by atoms with Crippen molar-refractivity contribution < 1.29 is 9.53 Å². The topological polar surface area (TPSA) is 89.3 Å². The standard InChI is InChI=1S/C13H22N4O2/c1-3-9-19-13-10(14)5-6-11(17-13)16-8-7-12(18)15-4-2/h5-6H,3-4,7-9,14H2,1-2H3,(H,15,18)(H,16,17). The molecule has 6 heteroatoms. The molecule has 1 aromatic rings. The lowest BCUT2D eigenvalue weighted by atomic mass is 10.3. The van der Waals surface area contributed by atoms with Gasteiger partial charge in [-0.25, -0.2) is 0 Å². The molecule has 1 aromatic heterocycles. The van der Waals surface area contributed by atoms with Gasteiger partial charge in [0.2, 0.25) is 11.8 Å². The van der Waals surface area contributed by atoms with Crippen LogP contribution in [0.5, 0.6) is 5.88 Å². The van der Waals surface area contributed by atoms with Crippen molar-refractivity contribution in [1.29, 1.82) is 0 Å². The summed E-state index contributed by atoms with van der Waals surface area (Å²) >= 11 is 0. The summed E-state index contributed by atoms with van der Waals surface area (Å²) in [4.78, 5) is 15.5. The highest BCUT2D eigenvalue weighted by Gasteiger charge is 2.05. The van der Waals surface area contributed by atoms with Crippen molar-refractivity contribution in [3.63, 3.8) is 0 Å². The highest BCUT2D eigenvalue weighted by atomic mass is 16.5. The first kappa shape index (κ1) is 15.1. The second-order valence-electron chi connectivity index (χ2n) is 4.07. The van der Waals surface area contributed by atoms with E-state index < -0.39 is 0 Å². The Morgan fingerprint density at radius 3 is 2.89 bits per heavy atom. The lowest BCUT2D eigenvalue weighted by molar-refractivity contribution is -0.120. The Kier molecular flexibility index (Phi) is 6.49. The SMILES string of the molecule is CCCOc1nc(NCCC(=O)NCC)ccc1N. The Labute approximate surface area is 113 Å². The molecule has 1 rings (SSSR count). The van der Waals surface area contributed by atoms with Crippen LogP contribution in [0.1, 0.15) is 26.7 Å². The number of carbonyl (C=O) groups is 1. The molecule has 1 heterocycles. The van der Waals surface area contributed by atoms with Crippen LogP contribution in [0.4, 0.5) is 11.5 Å². The molecule has 0 aliphatic heterocycles. The maximum absolute atomic E-state index is 11.3. The van der Waals surface area contributed by atoms with Crippen LogP contribution < -0.4 is 21.1 Å². The number of rotatable bonds is 8. The van der Waals surface area contributed by atoms with Crippen LogP contribution in [0.3, 0.4) is 0 Å². The number of amides is 1. The number of nitrogen functional groups attached to an aromatic ring is 1. The largest absolute Gasteiger partial charge is 0.476 e. The molecule has 0 atom stereocenters. The van der Waals surface area contributed by atoms with Gasteiger partial charge in [0.25, 0.3) is 0 Å². The third-order valence-electron chi connectivity index (χ3n) is 2.36. The Balaban J connectivity index is 2.47. The molecule has 0 unspecified atom stereocenters. The van der Waals surface area contributed by atoms with E-state index in [4.69, 9.17) is 10.5 Å². The zero-order chi connectivity index (χ0) is 14.1. The summed E-state index contributed by atoms with van der Waals surface area (Å²) < 4.78 is 5.44. The number of hydrogen-bond donors (Lipinski definition) is 3. The first-order valence-electron chi connectivity index (χ1n) is 6.57. The van der Waals surface area contributed by atoms with Gasteiger partial charge in [0.1, 0.15) is 5.82 Å². The molecular weight excluding hydrogens is 244 g/mol. The van der Waals surface area contributed by atoms with Gasteiger partial charge < -0.3 is 21.1 Å². The fraction of sp³-hybridized carbons (Fsp3) is 0.538. The summed E-state index contributed by atoms with van der Waals surface area (Å²) in [6.07, 6.45) is 1.31. The Hall–Kier alpha value is -1.98. The van der Waals surface area contributed by atoms with Crippen molar-refractivity contribution >= 4 is 17.4 Å². The number of pyridine rings is 1. The maximum atomic E-state index is 11.3. The number of nitrogens with two attached hydrogens (primary N) is 1.